The van der Waals surface area contributed by atoms with Gasteiger partial charge in [-0.15, -0.1) is 0 Å². The first-order valence-electron chi connectivity index (χ1n) is 7.88. The molecule has 0 spiro atoms. The Morgan fingerprint density at radius 2 is 1.68 bits per heavy atom. The highest BCUT2D eigenvalue weighted by atomic mass is 16.4. The van der Waals surface area contributed by atoms with Gasteiger partial charge in [0, 0.05) is 5.69 Å². The molecule has 4 N–H and O–H groups in total. The first-order chi connectivity index (χ1) is 11.7. The second-order valence-corrected chi connectivity index (χ2v) is 6.18. The number of rotatable bonds is 6. The summed E-state index contributed by atoms with van der Waals surface area (Å²) in [6, 6.07) is 12.8. The second-order valence-electron chi connectivity index (χ2n) is 6.18. The minimum Gasteiger partial charge on any atom is -0.479 e. The van der Waals surface area contributed by atoms with Crippen LogP contribution in [0.25, 0.3) is 0 Å². The number of benzene rings is 2. The molecule has 0 saturated heterocycles. The zero-order valence-corrected chi connectivity index (χ0v) is 14.5. The van der Waals surface area contributed by atoms with E-state index in [1.54, 1.807) is 24.3 Å². The number of aryl methyl sites for hydroxylation is 1. The van der Waals surface area contributed by atoms with Gasteiger partial charge in [-0.3, -0.25) is 4.79 Å². The van der Waals surface area contributed by atoms with Crippen LogP contribution >= 0.6 is 0 Å². The number of anilines is 2. The monoisotopic (exact) mass is 342 g/mol. The van der Waals surface area contributed by atoms with Crippen molar-refractivity contribution >= 4 is 23.3 Å². The maximum Gasteiger partial charge on any atom is 0.337 e. The van der Waals surface area contributed by atoms with Crippen LogP contribution in [0.4, 0.5) is 11.4 Å². The van der Waals surface area contributed by atoms with E-state index >= 15 is 0 Å². The van der Waals surface area contributed by atoms with Gasteiger partial charge in [-0.2, -0.15) is 0 Å². The second kappa shape index (κ2) is 7.36. The molecule has 0 aliphatic carbocycles. The van der Waals surface area contributed by atoms with E-state index in [1.807, 2.05) is 32.0 Å². The summed E-state index contributed by atoms with van der Waals surface area (Å²) < 4.78 is 0. The Morgan fingerprint density at radius 1 is 1.04 bits per heavy atom. The summed E-state index contributed by atoms with van der Waals surface area (Å²) in [6.07, 6.45) is 0. The zero-order valence-electron chi connectivity index (χ0n) is 14.5. The van der Waals surface area contributed by atoms with Crippen LogP contribution in [0.1, 0.15) is 28.4 Å². The quantitative estimate of drug-likeness (QED) is 0.647. The first-order valence-corrected chi connectivity index (χ1v) is 7.88. The van der Waals surface area contributed by atoms with Crippen molar-refractivity contribution in [3.63, 3.8) is 0 Å². The molecule has 0 aliphatic rings. The van der Waals surface area contributed by atoms with Gasteiger partial charge in [0.1, 0.15) is 0 Å². The predicted octanol–water partition coefficient (Wildman–Crippen LogP) is 2.61. The lowest BCUT2D eigenvalue weighted by Crippen LogP contribution is -2.46. The van der Waals surface area contributed by atoms with Crippen LogP contribution in [-0.2, 0) is 4.79 Å². The standard InChI is InChI=1S/C19H22N2O4/c1-12-7-6-10-15(13(12)2)21-16-9-5-4-8-14(16)17(22)20-11-19(3,25)18(23)24/h4-10,21,25H,11H2,1-3H3,(H,20,22)(H,23,24). The molecule has 0 aliphatic heterocycles. The number of aliphatic hydroxyl groups is 1. The minimum atomic E-state index is -2.02. The Bertz CT molecular complexity index is 800. The average Bonchev–Trinajstić information content (AvgIpc) is 2.57. The Kier molecular flexibility index (Phi) is 5.44. The molecule has 0 bridgehead atoms. The first kappa shape index (κ1) is 18.5. The van der Waals surface area contributed by atoms with Crippen LogP contribution in [0.2, 0.25) is 0 Å². The van der Waals surface area contributed by atoms with Gasteiger partial charge in [0.25, 0.3) is 5.91 Å². The highest BCUT2D eigenvalue weighted by Gasteiger charge is 2.30. The summed E-state index contributed by atoms with van der Waals surface area (Å²) in [7, 11) is 0. The SMILES string of the molecule is Cc1cccc(Nc2ccccc2C(=O)NCC(C)(O)C(=O)O)c1C. The number of carbonyl (C=O) groups is 2. The van der Waals surface area contributed by atoms with Crippen molar-refractivity contribution in [1.82, 2.24) is 5.32 Å². The molecule has 2 aromatic carbocycles. The van der Waals surface area contributed by atoms with Gasteiger partial charge >= 0.3 is 5.97 Å². The fourth-order valence-corrected chi connectivity index (χ4v) is 2.24. The van der Waals surface area contributed by atoms with Crippen molar-refractivity contribution in [2.45, 2.75) is 26.4 Å². The molecule has 0 aromatic heterocycles. The maximum absolute atomic E-state index is 12.4. The number of carbonyl (C=O) groups excluding carboxylic acids is 1. The summed E-state index contributed by atoms with van der Waals surface area (Å²) in [4.78, 5) is 23.4. The van der Waals surface area contributed by atoms with Crippen molar-refractivity contribution in [3.05, 3.63) is 59.2 Å². The molecule has 1 amide bonds. The third-order valence-electron chi connectivity index (χ3n) is 4.10. The topological polar surface area (TPSA) is 98.7 Å². The smallest absolute Gasteiger partial charge is 0.337 e. The van der Waals surface area contributed by atoms with Crippen LogP contribution < -0.4 is 10.6 Å². The Morgan fingerprint density at radius 3 is 2.36 bits per heavy atom. The van der Waals surface area contributed by atoms with Gasteiger partial charge in [-0.1, -0.05) is 24.3 Å². The highest BCUT2D eigenvalue weighted by Crippen LogP contribution is 2.25. The molecule has 2 aromatic rings. The third-order valence-corrected chi connectivity index (χ3v) is 4.10. The highest BCUT2D eigenvalue weighted by molar-refractivity contribution is 6.00. The number of hydrogen-bond acceptors (Lipinski definition) is 4. The van der Waals surface area contributed by atoms with E-state index in [0.29, 0.717) is 11.3 Å². The number of amides is 1. The third kappa shape index (κ3) is 4.36. The largest absolute Gasteiger partial charge is 0.479 e. The van der Waals surface area contributed by atoms with Gasteiger partial charge in [0.2, 0.25) is 0 Å². The number of para-hydroxylation sites is 1. The molecule has 132 valence electrons. The van der Waals surface area contributed by atoms with E-state index in [0.717, 1.165) is 23.7 Å². The predicted molar refractivity (Wildman–Crippen MR) is 96.2 cm³/mol. The van der Waals surface area contributed by atoms with Crippen LogP contribution in [0.3, 0.4) is 0 Å². The van der Waals surface area contributed by atoms with Crippen LogP contribution in [0.15, 0.2) is 42.5 Å². The summed E-state index contributed by atoms with van der Waals surface area (Å²) in [5.74, 6) is -1.86. The lowest BCUT2D eigenvalue weighted by atomic mass is 10.1. The average molecular weight is 342 g/mol. The molecule has 0 fully saturated rings. The fourth-order valence-electron chi connectivity index (χ4n) is 2.24. The molecule has 6 heteroatoms. The number of nitrogens with one attached hydrogen (secondary N) is 2. The Balaban J connectivity index is 2.21. The van der Waals surface area contributed by atoms with E-state index < -0.39 is 17.5 Å². The van der Waals surface area contributed by atoms with Crippen LogP contribution in [-0.4, -0.2) is 34.2 Å². The van der Waals surface area contributed by atoms with Gasteiger partial charge in [-0.25, -0.2) is 4.79 Å². The molecule has 0 saturated carbocycles. The number of hydrogen-bond donors (Lipinski definition) is 4. The van der Waals surface area contributed by atoms with Crippen LogP contribution in [0, 0.1) is 13.8 Å². The van der Waals surface area contributed by atoms with Crippen molar-refractivity contribution in [2.75, 3.05) is 11.9 Å². The molecule has 1 unspecified atom stereocenters. The van der Waals surface area contributed by atoms with Crippen molar-refractivity contribution in [1.29, 1.82) is 0 Å². The summed E-state index contributed by atoms with van der Waals surface area (Å²) in [5.41, 5.74) is 2.03. The number of aliphatic carboxylic acids is 1. The van der Waals surface area contributed by atoms with Crippen molar-refractivity contribution < 1.29 is 19.8 Å². The molecule has 1 atom stereocenters. The van der Waals surface area contributed by atoms with Gasteiger partial charge < -0.3 is 20.8 Å². The summed E-state index contributed by atoms with van der Waals surface area (Å²) >= 11 is 0. The molecule has 2 rings (SSSR count). The van der Waals surface area contributed by atoms with Gasteiger partial charge in [-0.05, 0) is 50.1 Å². The van der Waals surface area contributed by atoms with E-state index in [4.69, 9.17) is 5.11 Å². The van der Waals surface area contributed by atoms with Gasteiger partial charge in [0.05, 0.1) is 17.8 Å². The molecule has 0 heterocycles. The summed E-state index contributed by atoms with van der Waals surface area (Å²) in [5, 5.41) is 24.4. The molecular weight excluding hydrogens is 320 g/mol. The Labute approximate surface area is 146 Å². The molecule has 6 nitrogen and oxygen atoms in total. The van der Waals surface area contributed by atoms with E-state index in [9.17, 15) is 14.7 Å². The fraction of sp³-hybridized carbons (Fsp3) is 0.263. The van der Waals surface area contributed by atoms with Crippen LogP contribution in [0.5, 0.6) is 0 Å². The molecule has 0 radical (unpaired) electrons. The van der Waals surface area contributed by atoms with E-state index in [1.165, 1.54) is 0 Å². The van der Waals surface area contributed by atoms with Crippen molar-refractivity contribution in [2.24, 2.45) is 0 Å². The molecule has 25 heavy (non-hydrogen) atoms. The molecular formula is C19H22N2O4. The maximum atomic E-state index is 12.4. The lowest BCUT2D eigenvalue weighted by Gasteiger charge is -2.19. The van der Waals surface area contributed by atoms with Crippen molar-refractivity contribution in [3.8, 4) is 0 Å². The van der Waals surface area contributed by atoms with Gasteiger partial charge in [0.15, 0.2) is 5.60 Å². The normalized spacial score (nSPS) is 13.0. The van der Waals surface area contributed by atoms with E-state index in [2.05, 4.69) is 10.6 Å². The van der Waals surface area contributed by atoms with E-state index in [-0.39, 0.29) is 6.54 Å². The zero-order chi connectivity index (χ0) is 18.6. The summed E-state index contributed by atoms with van der Waals surface area (Å²) in [6.45, 7) is 4.74. The minimum absolute atomic E-state index is 0.365. The number of carboxylic acids is 1. The Hall–Kier alpha value is -2.86. The lowest BCUT2D eigenvalue weighted by molar-refractivity contribution is -0.155. The number of carboxylic acid groups (broad SMARTS) is 1.